The van der Waals surface area contributed by atoms with Gasteiger partial charge in [-0.25, -0.2) is 0 Å². The standard InChI is InChI=1S/C7H12Cl3NO/c8-7(9,10)6(12)4-11-5-2-1-3-5/h5-6,11-12H,1-4H2. The van der Waals surface area contributed by atoms with Gasteiger partial charge in [-0.15, -0.1) is 0 Å². The fraction of sp³-hybridized carbons (Fsp3) is 1.00. The van der Waals surface area contributed by atoms with Crippen LogP contribution in [0, 0.1) is 0 Å². The number of alkyl halides is 3. The summed E-state index contributed by atoms with van der Waals surface area (Å²) in [6, 6.07) is 0.506. The number of rotatable bonds is 3. The summed E-state index contributed by atoms with van der Waals surface area (Å²) in [5.74, 6) is 0. The van der Waals surface area contributed by atoms with Crippen molar-refractivity contribution in [3.8, 4) is 0 Å². The molecule has 0 spiro atoms. The molecule has 1 fully saturated rings. The second-order valence-electron chi connectivity index (χ2n) is 3.09. The summed E-state index contributed by atoms with van der Waals surface area (Å²) in [5.41, 5.74) is 0. The first-order chi connectivity index (χ1) is 5.50. The van der Waals surface area contributed by atoms with Gasteiger partial charge in [-0.05, 0) is 12.8 Å². The lowest BCUT2D eigenvalue weighted by atomic mass is 9.93. The zero-order valence-electron chi connectivity index (χ0n) is 6.56. The van der Waals surface area contributed by atoms with Crippen molar-refractivity contribution in [1.82, 2.24) is 5.32 Å². The largest absolute Gasteiger partial charge is 0.387 e. The molecule has 1 rings (SSSR count). The highest BCUT2D eigenvalue weighted by Gasteiger charge is 2.31. The van der Waals surface area contributed by atoms with E-state index in [0.29, 0.717) is 12.6 Å². The molecular weight excluding hydrogens is 220 g/mol. The average molecular weight is 233 g/mol. The smallest absolute Gasteiger partial charge is 0.217 e. The monoisotopic (exact) mass is 231 g/mol. The van der Waals surface area contributed by atoms with Crippen molar-refractivity contribution in [1.29, 1.82) is 0 Å². The highest BCUT2D eigenvalue weighted by molar-refractivity contribution is 6.68. The Labute approximate surface area is 87.2 Å². The van der Waals surface area contributed by atoms with Crippen LogP contribution in [0.15, 0.2) is 0 Å². The van der Waals surface area contributed by atoms with E-state index in [2.05, 4.69) is 5.32 Å². The van der Waals surface area contributed by atoms with Crippen LogP contribution in [0.1, 0.15) is 19.3 Å². The Kier molecular flexibility index (Phi) is 3.93. The molecule has 2 N–H and O–H groups in total. The average Bonchev–Trinajstić information content (AvgIpc) is 1.81. The lowest BCUT2D eigenvalue weighted by Gasteiger charge is -2.29. The molecule has 0 amide bonds. The lowest BCUT2D eigenvalue weighted by molar-refractivity contribution is 0.162. The van der Waals surface area contributed by atoms with Crippen LogP contribution in [0.25, 0.3) is 0 Å². The zero-order chi connectivity index (χ0) is 9.19. The van der Waals surface area contributed by atoms with E-state index < -0.39 is 9.90 Å². The Balaban J connectivity index is 2.13. The molecule has 1 aliphatic carbocycles. The van der Waals surface area contributed by atoms with Crippen molar-refractivity contribution in [3.63, 3.8) is 0 Å². The molecule has 5 heteroatoms. The van der Waals surface area contributed by atoms with Crippen LogP contribution >= 0.6 is 34.8 Å². The Morgan fingerprint density at radius 2 is 2.00 bits per heavy atom. The number of aliphatic hydroxyl groups is 1. The van der Waals surface area contributed by atoms with Gasteiger partial charge in [0.15, 0.2) is 0 Å². The van der Waals surface area contributed by atoms with Gasteiger partial charge in [0.05, 0.1) is 0 Å². The number of hydrogen-bond donors (Lipinski definition) is 2. The van der Waals surface area contributed by atoms with Crippen molar-refractivity contribution in [3.05, 3.63) is 0 Å². The zero-order valence-corrected chi connectivity index (χ0v) is 8.83. The Hall–Kier alpha value is 0.790. The summed E-state index contributed by atoms with van der Waals surface area (Å²) in [7, 11) is 0. The molecular formula is C7H12Cl3NO. The van der Waals surface area contributed by atoms with Gasteiger partial charge >= 0.3 is 0 Å². The number of nitrogens with one attached hydrogen (secondary N) is 1. The number of aliphatic hydroxyl groups excluding tert-OH is 1. The van der Waals surface area contributed by atoms with Crippen LogP contribution in [0.2, 0.25) is 0 Å². The number of hydrogen-bond acceptors (Lipinski definition) is 2. The van der Waals surface area contributed by atoms with Crippen molar-refractivity contribution in [2.45, 2.75) is 35.2 Å². The molecule has 0 saturated heterocycles. The first-order valence-corrected chi connectivity index (χ1v) is 5.11. The molecule has 12 heavy (non-hydrogen) atoms. The van der Waals surface area contributed by atoms with Crippen LogP contribution < -0.4 is 5.32 Å². The molecule has 0 bridgehead atoms. The maximum atomic E-state index is 9.30. The maximum absolute atomic E-state index is 9.30. The first kappa shape index (κ1) is 10.9. The maximum Gasteiger partial charge on any atom is 0.217 e. The van der Waals surface area contributed by atoms with Crippen LogP contribution in [-0.4, -0.2) is 27.6 Å². The van der Waals surface area contributed by atoms with Gasteiger partial charge in [0, 0.05) is 12.6 Å². The quantitative estimate of drug-likeness (QED) is 0.728. The van der Waals surface area contributed by atoms with E-state index in [4.69, 9.17) is 34.8 Å². The third-order valence-electron chi connectivity index (χ3n) is 2.08. The molecule has 0 aromatic carbocycles. The van der Waals surface area contributed by atoms with Gasteiger partial charge in [-0.3, -0.25) is 0 Å². The summed E-state index contributed by atoms with van der Waals surface area (Å²) < 4.78 is -1.57. The van der Waals surface area contributed by atoms with E-state index in [1.807, 2.05) is 0 Å². The van der Waals surface area contributed by atoms with E-state index in [9.17, 15) is 5.11 Å². The molecule has 0 heterocycles. The molecule has 2 nitrogen and oxygen atoms in total. The Bertz CT molecular complexity index is 144. The molecule has 1 aliphatic rings. The molecule has 0 aliphatic heterocycles. The molecule has 1 saturated carbocycles. The summed E-state index contributed by atoms with van der Waals surface area (Å²) >= 11 is 16.4. The summed E-state index contributed by atoms with van der Waals surface area (Å²) in [5, 5.41) is 12.4. The third kappa shape index (κ3) is 3.27. The van der Waals surface area contributed by atoms with E-state index in [1.54, 1.807) is 0 Å². The minimum Gasteiger partial charge on any atom is -0.387 e. The molecule has 1 unspecified atom stereocenters. The summed E-state index contributed by atoms with van der Waals surface area (Å²) in [4.78, 5) is 0. The minimum atomic E-state index is -1.57. The number of halogens is 3. The van der Waals surface area contributed by atoms with Crippen molar-refractivity contribution in [2.24, 2.45) is 0 Å². The molecule has 72 valence electrons. The van der Waals surface area contributed by atoms with Gasteiger partial charge in [0.1, 0.15) is 6.10 Å². The van der Waals surface area contributed by atoms with E-state index in [0.717, 1.165) is 12.8 Å². The van der Waals surface area contributed by atoms with E-state index in [-0.39, 0.29) is 0 Å². The van der Waals surface area contributed by atoms with Crippen LogP contribution in [0.4, 0.5) is 0 Å². The normalized spacial score (nSPS) is 22.0. The van der Waals surface area contributed by atoms with Crippen molar-refractivity contribution >= 4 is 34.8 Å². The third-order valence-corrected chi connectivity index (χ3v) is 2.84. The minimum absolute atomic E-state index is 0.348. The first-order valence-electron chi connectivity index (χ1n) is 3.98. The summed E-state index contributed by atoms with van der Waals surface area (Å²) in [6.45, 7) is 0.348. The highest BCUT2D eigenvalue weighted by Crippen LogP contribution is 2.30. The fourth-order valence-corrected chi connectivity index (χ4v) is 1.24. The van der Waals surface area contributed by atoms with Crippen molar-refractivity contribution < 1.29 is 5.11 Å². The topological polar surface area (TPSA) is 32.3 Å². The van der Waals surface area contributed by atoms with Crippen molar-refractivity contribution in [2.75, 3.05) is 6.54 Å². The van der Waals surface area contributed by atoms with Gasteiger partial charge in [-0.1, -0.05) is 41.2 Å². The molecule has 0 aromatic heterocycles. The van der Waals surface area contributed by atoms with Crippen LogP contribution in [0.5, 0.6) is 0 Å². The molecule has 1 atom stereocenters. The highest BCUT2D eigenvalue weighted by atomic mass is 35.6. The SMILES string of the molecule is OC(CNC1CCC1)C(Cl)(Cl)Cl. The van der Waals surface area contributed by atoms with E-state index >= 15 is 0 Å². The van der Waals surface area contributed by atoms with Crippen LogP contribution in [0.3, 0.4) is 0 Å². The Morgan fingerprint density at radius 3 is 2.33 bits per heavy atom. The molecule has 0 radical (unpaired) electrons. The van der Waals surface area contributed by atoms with Crippen LogP contribution in [-0.2, 0) is 0 Å². The second kappa shape index (κ2) is 4.34. The van der Waals surface area contributed by atoms with Gasteiger partial charge in [-0.2, -0.15) is 0 Å². The Morgan fingerprint density at radius 1 is 1.42 bits per heavy atom. The summed E-state index contributed by atoms with van der Waals surface area (Å²) in [6.07, 6.45) is 2.64. The van der Waals surface area contributed by atoms with E-state index in [1.165, 1.54) is 6.42 Å². The van der Waals surface area contributed by atoms with Gasteiger partial charge < -0.3 is 10.4 Å². The predicted octanol–water partition coefficient (Wildman–Crippen LogP) is 1.86. The van der Waals surface area contributed by atoms with Gasteiger partial charge in [0.2, 0.25) is 3.79 Å². The fourth-order valence-electron chi connectivity index (χ4n) is 1.01. The predicted molar refractivity (Wildman–Crippen MR) is 51.9 cm³/mol. The second-order valence-corrected chi connectivity index (χ2v) is 5.46. The molecule has 0 aromatic rings. The van der Waals surface area contributed by atoms with Gasteiger partial charge in [0.25, 0.3) is 0 Å². The lowest BCUT2D eigenvalue weighted by Crippen LogP contribution is -2.43.